The number of fused-ring (bicyclic) bond motifs is 1. The Morgan fingerprint density at radius 1 is 1.20 bits per heavy atom. The van der Waals surface area contributed by atoms with Gasteiger partial charge in [-0.15, -0.1) is 11.3 Å². The minimum absolute atomic E-state index is 0.185. The Balaban J connectivity index is 1.93. The van der Waals surface area contributed by atoms with Crippen LogP contribution >= 0.6 is 11.3 Å². The molecule has 2 heterocycles. The first-order valence-electron chi connectivity index (χ1n) is 8.83. The maximum Gasteiger partial charge on any atom is 0.416 e. The highest BCUT2D eigenvalue weighted by Crippen LogP contribution is 2.38. The van der Waals surface area contributed by atoms with E-state index in [0.717, 1.165) is 29.5 Å². The van der Waals surface area contributed by atoms with Crippen LogP contribution in [0.4, 0.5) is 23.0 Å². The van der Waals surface area contributed by atoms with Crippen LogP contribution in [-0.2, 0) is 23.9 Å². The zero-order valence-electron chi connectivity index (χ0n) is 16.1. The van der Waals surface area contributed by atoms with Crippen LogP contribution in [0.3, 0.4) is 0 Å². The molecule has 0 unspecified atom stereocenters. The highest BCUT2D eigenvalue weighted by atomic mass is 32.1. The Morgan fingerprint density at radius 3 is 2.57 bits per heavy atom. The number of benzene rings is 1. The Bertz CT molecular complexity index is 1000. The first kappa shape index (κ1) is 21.6. The molecule has 30 heavy (non-hydrogen) atoms. The molecule has 2 aromatic rings. The van der Waals surface area contributed by atoms with E-state index in [0.29, 0.717) is 23.4 Å². The molecule has 0 saturated heterocycles. The van der Waals surface area contributed by atoms with Gasteiger partial charge in [-0.05, 0) is 30.2 Å². The van der Waals surface area contributed by atoms with Crippen molar-refractivity contribution in [2.24, 2.45) is 0 Å². The average molecular weight is 441 g/mol. The zero-order valence-corrected chi connectivity index (χ0v) is 16.9. The summed E-state index contributed by atoms with van der Waals surface area (Å²) in [6, 6.07) is 4.03. The zero-order chi connectivity index (χ0) is 22.1. The molecule has 3 amide bonds. The summed E-state index contributed by atoms with van der Waals surface area (Å²) in [5.41, 5.74) is -0.183. The molecule has 7 nitrogen and oxygen atoms in total. The summed E-state index contributed by atoms with van der Waals surface area (Å²) in [4.78, 5) is 39.0. The molecule has 0 saturated carbocycles. The number of thiophene rings is 1. The third-order valence-corrected chi connectivity index (χ3v) is 5.76. The fourth-order valence-corrected chi connectivity index (χ4v) is 4.41. The van der Waals surface area contributed by atoms with E-state index in [4.69, 9.17) is 4.74 Å². The Labute approximate surface area is 173 Å². The Kier molecular flexibility index (Phi) is 6.01. The highest BCUT2D eigenvalue weighted by Gasteiger charge is 2.32. The molecule has 1 aromatic carbocycles. The van der Waals surface area contributed by atoms with Crippen LogP contribution in [0, 0.1) is 0 Å². The van der Waals surface area contributed by atoms with Crippen LogP contribution in [0.2, 0.25) is 0 Å². The molecule has 3 rings (SSSR count). The number of rotatable bonds is 3. The van der Waals surface area contributed by atoms with Crippen molar-refractivity contribution in [3.05, 3.63) is 51.4 Å². The molecule has 11 heteroatoms. The average Bonchev–Trinajstić information content (AvgIpc) is 3.08. The number of nitrogens with zero attached hydrogens (tertiary/aromatic N) is 1. The number of carbonyl (C=O) groups is 3. The van der Waals surface area contributed by atoms with Gasteiger partial charge in [-0.2, -0.15) is 13.2 Å². The van der Waals surface area contributed by atoms with E-state index in [1.54, 1.807) is 0 Å². The predicted octanol–water partition coefficient (Wildman–Crippen LogP) is 3.50. The first-order valence-corrected chi connectivity index (χ1v) is 9.65. The molecule has 0 atom stereocenters. The summed E-state index contributed by atoms with van der Waals surface area (Å²) in [6.45, 7) is 0.539. The van der Waals surface area contributed by atoms with Gasteiger partial charge in [-0.1, -0.05) is 6.07 Å². The van der Waals surface area contributed by atoms with E-state index in [2.05, 4.69) is 10.6 Å². The summed E-state index contributed by atoms with van der Waals surface area (Å²) in [5.74, 6) is -1.20. The van der Waals surface area contributed by atoms with E-state index in [1.807, 2.05) is 0 Å². The second kappa shape index (κ2) is 8.34. The largest absolute Gasteiger partial charge is 0.453 e. The summed E-state index contributed by atoms with van der Waals surface area (Å²) in [7, 11) is 2.71. The van der Waals surface area contributed by atoms with Crippen molar-refractivity contribution in [3.63, 3.8) is 0 Å². The van der Waals surface area contributed by atoms with Crippen LogP contribution in [0.25, 0.3) is 0 Å². The quantitative estimate of drug-likeness (QED) is 0.763. The lowest BCUT2D eigenvalue weighted by Gasteiger charge is -2.25. The van der Waals surface area contributed by atoms with Gasteiger partial charge < -0.3 is 20.3 Å². The van der Waals surface area contributed by atoms with Crippen molar-refractivity contribution >= 4 is 34.2 Å². The summed E-state index contributed by atoms with van der Waals surface area (Å²) >= 11 is 1.11. The Morgan fingerprint density at radius 2 is 1.93 bits per heavy atom. The summed E-state index contributed by atoms with van der Waals surface area (Å²) in [5, 5.41) is 5.28. The van der Waals surface area contributed by atoms with Crippen molar-refractivity contribution in [1.29, 1.82) is 0 Å². The molecule has 0 fully saturated rings. The van der Waals surface area contributed by atoms with Crippen LogP contribution in [0.15, 0.2) is 24.3 Å². The van der Waals surface area contributed by atoms with E-state index < -0.39 is 29.6 Å². The molecule has 1 aliphatic rings. The van der Waals surface area contributed by atoms with Gasteiger partial charge in [0.05, 0.1) is 24.8 Å². The third kappa shape index (κ3) is 4.25. The number of ether oxygens (including phenoxy) is 1. The second-order valence-corrected chi connectivity index (χ2v) is 7.57. The first-order chi connectivity index (χ1) is 14.2. The van der Waals surface area contributed by atoms with Crippen LogP contribution < -0.4 is 10.6 Å². The maximum absolute atomic E-state index is 12.9. The van der Waals surface area contributed by atoms with Crippen LogP contribution in [0.1, 0.15) is 36.7 Å². The van der Waals surface area contributed by atoms with Gasteiger partial charge in [0, 0.05) is 24.0 Å². The molecule has 0 spiro atoms. The normalized spacial score (nSPS) is 13.4. The number of methoxy groups -OCH3 is 1. The lowest BCUT2D eigenvalue weighted by Crippen LogP contribution is -2.35. The van der Waals surface area contributed by atoms with E-state index in [9.17, 15) is 27.6 Å². The topological polar surface area (TPSA) is 87.7 Å². The SMILES string of the molecule is CNC(=O)c1c(NC(=O)c2cccc(C(F)(F)F)c2)sc2c1CCN(C(=O)OC)C2. The van der Waals surface area contributed by atoms with Crippen molar-refractivity contribution in [2.75, 3.05) is 26.0 Å². The number of amides is 3. The van der Waals surface area contributed by atoms with Gasteiger partial charge in [0.25, 0.3) is 11.8 Å². The lowest BCUT2D eigenvalue weighted by atomic mass is 10.0. The number of hydrogen-bond acceptors (Lipinski definition) is 5. The number of nitrogens with one attached hydrogen (secondary N) is 2. The lowest BCUT2D eigenvalue weighted by molar-refractivity contribution is -0.137. The molecular formula is C19H18F3N3O4S. The van der Waals surface area contributed by atoms with Crippen molar-refractivity contribution in [1.82, 2.24) is 10.2 Å². The summed E-state index contributed by atoms with van der Waals surface area (Å²) in [6.07, 6.45) is -4.71. The molecule has 1 aromatic heterocycles. The molecular weight excluding hydrogens is 423 g/mol. The van der Waals surface area contributed by atoms with Gasteiger partial charge in [-0.3, -0.25) is 9.59 Å². The number of carbonyl (C=O) groups excluding carboxylic acids is 3. The van der Waals surface area contributed by atoms with E-state index in [1.165, 1.54) is 25.1 Å². The van der Waals surface area contributed by atoms with E-state index in [-0.39, 0.29) is 22.7 Å². The molecule has 1 aliphatic heterocycles. The van der Waals surface area contributed by atoms with Crippen molar-refractivity contribution < 1.29 is 32.3 Å². The van der Waals surface area contributed by atoms with Gasteiger partial charge in [0.2, 0.25) is 0 Å². The Hall–Kier alpha value is -3.08. The molecule has 160 valence electrons. The van der Waals surface area contributed by atoms with Gasteiger partial charge in [-0.25, -0.2) is 4.79 Å². The monoisotopic (exact) mass is 441 g/mol. The highest BCUT2D eigenvalue weighted by molar-refractivity contribution is 7.17. The smallest absolute Gasteiger partial charge is 0.416 e. The van der Waals surface area contributed by atoms with Crippen molar-refractivity contribution in [2.45, 2.75) is 19.1 Å². The standard InChI is InChI=1S/C19H18F3N3O4S/c1-23-16(27)14-12-6-7-25(18(28)29-2)9-13(12)30-17(14)24-15(26)10-4-3-5-11(8-10)19(20,21)22/h3-5,8H,6-7,9H2,1-2H3,(H,23,27)(H,24,26). The fourth-order valence-electron chi connectivity index (χ4n) is 3.15. The minimum Gasteiger partial charge on any atom is -0.453 e. The molecule has 0 bridgehead atoms. The van der Waals surface area contributed by atoms with E-state index >= 15 is 0 Å². The number of halogens is 3. The molecule has 0 aliphatic carbocycles. The van der Waals surface area contributed by atoms with Crippen LogP contribution in [0.5, 0.6) is 0 Å². The molecule has 2 N–H and O–H groups in total. The number of alkyl halides is 3. The number of hydrogen-bond donors (Lipinski definition) is 2. The predicted molar refractivity (Wildman–Crippen MR) is 104 cm³/mol. The minimum atomic E-state index is -4.58. The van der Waals surface area contributed by atoms with Gasteiger partial charge in [0.15, 0.2) is 0 Å². The van der Waals surface area contributed by atoms with Gasteiger partial charge >= 0.3 is 12.3 Å². The van der Waals surface area contributed by atoms with Gasteiger partial charge in [0.1, 0.15) is 5.00 Å². The molecule has 0 radical (unpaired) electrons. The fraction of sp³-hybridized carbons (Fsp3) is 0.316. The third-order valence-electron chi connectivity index (χ3n) is 4.62. The summed E-state index contributed by atoms with van der Waals surface area (Å²) < 4.78 is 43.5. The second-order valence-electron chi connectivity index (χ2n) is 6.46. The maximum atomic E-state index is 12.9. The number of anilines is 1. The van der Waals surface area contributed by atoms with Crippen molar-refractivity contribution in [3.8, 4) is 0 Å². The van der Waals surface area contributed by atoms with Crippen LogP contribution in [-0.4, -0.2) is 43.5 Å².